The lowest BCUT2D eigenvalue weighted by atomic mass is 10.2. The van der Waals surface area contributed by atoms with Crippen LogP contribution in [-0.2, 0) is 0 Å². The molecule has 2 rings (SSSR count). The summed E-state index contributed by atoms with van der Waals surface area (Å²) in [5.41, 5.74) is 0.380. The van der Waals surface area contributed by atoms with E-state index in [2.05, 4.69) is 4.99 Å². The number of rotatable bonds is 2. The van der Waals surface area contributed by atoms with Crippen molar-refractivity contribution in [2.24, 2.45) is 4.99 Å². The molecule has 1 unspecified atom stereocenters. The molecule has 1 atom stereocenters. The molecule has 0 fully saturated rings. The van der Waals surface area contributed by atoms with Crippen LogP contribution in [0.15, 0.2) is 23.2 Å². The van der Waals surface area contributed by atoms with E-state index in [0.717, 1.165) is 0 Å². The number of hydrogen-bond donors (Lipinski definition) is 1. The van der Waals surface area contributed by atoms with E-state index in [4.69, 9.17) is 9.84 Å². The van der Waals surface area contributed by atoms with Gasteiger partial charge in [-0.25, -0.2) is 0 Å². The highest BCUT2D eigenvalue weighted by Gasteiger charge is 2.17. The van der Waals surface area contributed by atoms with Crippen molar-refractivity contribution >= 4 is 17.6 Å². The average molecular weight is 208 g/mol. The van der Waals surface area contributed by atoms with Crippen molar-refractivity contribution in [3.05, 3.63) is 28.3 Å². The molecule has 1 heterocycles. The van der Waals surface area contributed by atoms with E-state index in [9.17, 15) is 10.1 Å². The molecular weight excluding hydrogens is 200 g/mol. The number of hydrogen-bond acceptors (Lipinski definition) is 5. The molecule has 0 radical (unpaired) electrons. The van der Waals surface area contributed by atoms with Crippen molar-refractivity contribution in [1.29, 1.82) is 0 Å². The number of aliphatic hydroxyl groups is 1. The summed E-state index contributed by atoms with van der Waals surface area (Å²) in [6, 6.07) is 4.15. The van der Waals surface area contributed by atoms with Crippen molar-refractivity contribution in [3.63, 3.8) is 0 Å². The van der Waals surface area contributed by atoms with Gasteiger partial charge in [0.25, 0.3) is 5.69 Å². The van der Waals surface area contributed by atoms with Gasteiger partial charge < -0.3 is 9.84 Å². The second-order valence-electron chi connectivity index (χ2n) is 3.03. The lowest BCUT2D eigenvalue weighted by Gasteiger charge is -2.18. The van der Waals surface area contributed by atoms with E-state index in [1.165, 1.54) is 24.4 Å². The number of aliphatic hydroxyl groups excluding tert-OH is 1. The summed E-state index contributed by atoms with van der Waals surface area (Å²) in [6.45, 7) is -0.167. The zero-order valence-corrected chi connectivity index (χ0v) is 7.66. The smallest absolute Gasteiger partial charge is 0.271 e. The van der Waals surface area contributed by atoms with E-state index in [0.29, 0.717) is 11.4 Å². The van der Waals surface area contributed by atoms with Crippen molar-refractivity contribution < 1.29 is 14.8 Å². The highest BCUT2D eigenvalue weighted by Crippen LogP contribution is 2.34. The zero-order chi connectivity index (χ0) is 10.8. The predicted octanol–water partition coefficient (Wildman–Crippen LogP) is 1.05. The monoisotopic (exact) mass is 208 g/mol. The Balaban J connectivity index is 2.36. The Morgan fingerprint density at radius 1 is 1.60 bits per heavy atom. The molecular formula is C9H8N2O4. The molecule has 78 valence electrons. The standard InChI is InChI=1S/C9H8N2O4/c12-5-7-4-10-8-3-6(11(13)14)1-2-9(8)15-7/h1-4,7,12H,5H2. The van der Waals surface area contributed by atoms with Gasteiger partial charge in [-0.15, -0.1) is 0 Å². The molecule has 6 nitrogen and oxygen atoms in total. The molecule has 1 aromatic rings. The normalized spacial score (nSPS) is 18.1. The summed E-state index contributed by atoms with van der Waals surface area (Å²) < 4.78 is 5.29. The molecule has 1 N–H and O–H groups in total. The van der Waals surface area contributed by atoms with Gasteiger partial charge in [-0.05, 0) is 6.07 Å². The van der Waals surface area contributed by atoms with Crippen molar-refractivity contribution in [1.82, 2.24) is 0 Å². The predicted molar refractivity (Wildman–Crippen MR) is 52.8 cm³/mol. The van der Waals surface area contributed by atoms with Gasteiger partial charge >= 0.3 is 0 Å². The van der Waals surface area contributed by atoms with E-state index >= 15 is 0 Å². The number of fused-ring (bicyclic) bond motifs is 1. The van der Waals surface area contributed by atoms with Crippen LogP contribution >= 0.6 is 0 Å². The van der Waals surface area contributed by atoms with Gasteiger partial charge in [-0.1, -0.05) is 0 Å². The molecule has 0 saturated heterocycles. The van der Waals surface area contributed by atoms with Gasteiger partial charge in [0.15, 0.2) is 6.10 Å². The lowest BCUT2D eigenvalue weighted by molar-refractivity contribution is -0.384. The number of aliphatic imine (C=N–C) groups is 1. The number of non-ortho nitro benzene ring substituents is 1. The average Bonchev–Trinajstić information content (AvgIpc) is 2.27. The van der Waals surface area contributed by atoms with Crippen LogP contribution in [0, 0.1) is 10.1 Å². The zero-order valence-electron chi connectivity index (χ0n) is 7.66. The maximum absolute atomic E-state index is 10.5. The second kappa shape index (κ2) is 3.66. The van der Waals surface area contributed by atoms with Crippen LogP contribution < -0.4 is 4.74 Å². The van der Waals surface area contributed by atoms with Crippen LogP contribution in [0.5, 0.6) is 5.75 Å². The summed E-state index contributed by atoms with van der Waals surface area (Å²) in [7, 11) is 0. The molecule has 6 heteroatoms. The van der Waals surface area contributed by atoms with E-state index in [-0.39, 0.29) is 12.3 Å². The molecule has 15 heavy (non-hydrogen) atoms. The Labute approximate surface area is 85.0 Å². The summed E-state index contributed by atoms with van der Waals surface area (Å²) in [4.78, 5) is 14.0. The summed E-state index contributed by atoms with van der Waals surface area (Å²) in [5.74, 6) is 0.446. The van der Waals surface area contributed by atoms with Crippen LogP contribution in [0.3, 0.4) is 0 Å². The molecule has 1 aliphatic rings. The first kappa shape index (κ1) is 9.60. The molecule has 1 aliphatic heterocycles. The minimum atomic E-state index is -0.492. The number of nitrogens with zero attached hydrogens (tertiary/aromatic N) is 2. The first-order chi connectivity index (χ1) is 7.20. The van der Waals surface area contributed by atoms with Crippen molar-refractivity contribution in [3.8, 4) is 5.75 Å². The quantitative estimate of drug-likeness (QED) is 0.581. The van der Waals surface area contributed by atoms with E-state index in [1.807, 2.05) is 0 Å². The van der Waals surface area contributed by atoms with Crippen LogP contribution in [0.2, 0.25) is 0 Å². The van der Waals surface area contributed by atoms with Crippen molar-refractivity contribution in [2.45, 2.75) is 6.10 Å². The first-order valence-corrected chi connectivity index (χ1v) is 4.31. The maximum Gasteiger partial charge on any atom is 0.271 e. The summed E-state index contributed by atoms with van der Waals surface area (Å²) in [5, 5.41) is 19.3. The Kier molecular flexibility index (Phi) is 2.34. The molecule has 0 bridgehead atoms. The van der Waals surface area contributed by atoms with Gasteiger partial charge in [-0.3, -0.25) is 15.1 Å². The van der Waals surface area contributed by atoms with Crippen LogP contribution in [0.4, 0.5) is 11.4 Å². The Hall–Kier alpha value is -1.95. The third kappa shape index (κ3) is 1.79. The molecule has 0 amide bonds. The summed E-state index contributed by atoms with van der Waals surface area (Å²) >= 11 is 0. The molecule has 0 aromatic heterocycles. The summed E-state index contributed by atoms with van der Waals surface area (Å²) in [6.07, 6.45) is 0.949. The minimum Gasteiger partial charge on any atom is -0.480 e. The fourth-order valence-electron chi connectivity index (χ4n) is 1.26. The number of nitro benzene ring substituents is 1. The highest BCUT2D eigenvalue weighted by molar-refractivity contribution is 5.74. The Morgan fingerprint density at radius 2 is 2.40 bits per heavy atom. The van der Waals surface area contributed by atoms with Gasteiger partial charge in [0.2, 0.25) is 0 Å². The van der Waals surface area contributed by atoms with Crippen LogP contribution in [0.25, 0.3) is 0 Å². The number of benzene rings is 1. The van der Waals surface area contributed by atoms with E-state index < -0.39 is 11.0 Å². The van der Waals surface area contributed by atoms with Crippen LogP contribution in [-0.4, -0.2) is 29.0 Å². The topological polar surface area (TPSA) is 85.0 Å². The van der Waals surface area contributed by atoms with Crippen molar-refractivity contribution in [2.75, 3.05) is 6.61 Å². The van der Waals surface area contributed by atoms with Crippen LogP contribution in [0.1, 0.15) is 0 Å². The fraction of sp³-hybridized carbons (Fsp3) is 0.222. The SMILES string of the molecule is O=[N+]([O-])c1ccc2c(c1)N=CC(CO)O2. The second-order valence-corrected chi connectivity index (χ2v) is 3.03. The highest BCUT2D eigenvalue weighted by atomic mass is 16.6. The Morgan fingerprint density at radius 3 is 3.07 bits per heavy atom. The molecule has 0 saturated carbocycles. The van der Waals surface area contributed by atoms with Gasteiger partial charge in [0, 0.05) is 18.3 Å². The minimum absolute atomic E-state index is 0.0306. The number of ether oxygens (including phenoxy) is 1. The fourth-order valence-corrected chi connectivity index (χ4v) is 1.26. The molecule has 1 aromatic carbocycles. The molecule has 0 aliphatic carbocycles. The van der Waals surface area contributed by atoms with Gasteiger partial charge in [-0.2, -0.15) is 0 Å². The van der Waals surface area contributed by atoms with Gasteiger partial charge in [0.05, 0.1) is 11.5 Å². The maximum atomic E-state index is 10.5. The lowest BCUT2D eigenvalue weighted by Crippen LogP contribution is -2.24. The third-order valence-corrected chi connectivity index (χ3v) is 1.99. The first-order valence-electron chi connectivity index (χ1n) is 4.31. The molecule has 0 spiro atoms. The third-order valence-electron chi connectivity index (χ3n) is 1.99. The largest absolute Gasteiger partial charge is 0.480 e. The Bertz CT molecular complexity index is 430. The van der Waals surface area contributed by atoms with Gasteiger partial charge in [0.1, 0.15) is 11.4 Å². The van der Waals surface area contributed by atoms with E-state index in [1.54, 1.807) is 0 Å². The number of nitro groups is 1.